The predicted octanol–water partition coefficient (Wildman–Crippen LogP) is -0.118. The van der Waals surface area contributed by atoms with Crippen molar-refractivity contribution in [2.24, 2.45) is 5.92 Å². The van der Waals surface area contributed by atoms with Crippen molar-refractivity contribution >= 4 is 31.4 Å². The van der Waals surface area contributed by atoms with Crippen molar-refractivity contribution in [2.45, 2.75) is 51.9 Å². The van der Waals surface area contributed by atoms with Crippen molar-refractivity contribution in [2.75, 3.05) is 13.1 Å². The Balaban J connectivity index is 2.39. The van der Waals surface area contributed by atoms with Crippen LogP contribution in [-0.4, -0.2) is 55.5 Å². The number of aldehydes is 1. The van der Waals surface area contributed by atoms with Crippen molar-refractivity contribution in [3.8, 4) is 0 Å². The Morgan fingerprint density at radius 1 is 1.30 bits per heavy atom. The lowest BCUT2D eigenvalue weighted by atomic mass is 9.85. The van der Waals surface area contributed by atoms with E-state index in [0.717, 1.165) is 6.32 Å². The van der Waals surface area contributed by atoms with Crippen LogP contribution in [-0.2, 0) is 19.2 Å². The molecule has 0 aromatic carbocycles. The molecule has 127 valence electrons. The zero-order valence-corrected chi connectivity index (χ0v) is 13.8. The van der Waals surface area contributed by atoms with E-state index in [4.69, 9.17) is 0 Å². The van der Waals surface area contributed by atoms with Gasteiger partial charge in [0.25, 0.3) is 0 Å². The van der Waals surface area contributed by atoms with Gasteiger partial charge in [0.05, 0.1) is 6.54 Å². The molecule has 2 N–H and O–H groups in total. The van der Waals surface area contributed by atoms with Gasteiger partial charge in [-0.05, 0) is 19.8 Å². The Morgan fingerprint density at radius 2 is 2.04 bits per heavy atom. The maximum absolute atomic E-state index is 12.2. The van der Waals surface area contributed by atoms with Gasteiger partial charge in [0.2, 0.25) is 25.1 Å². The van der Waals surface area contributed by atoms with Gasteiger partial charge in [0.15, 0.2) is 0 Å². The first-order valence-corrected chi connectivity index (χ1v) is 8.11. The summed E-state index contributed by atoms with van der Waals surface area (Å²) in [6, 6.07) is -0.0216. The Bertz CT molecular complexity index is 444. The smallest absolute Gasteiger partial charge is 0.245 e. The molecule has 1 radical (unpaired) electrons. The molecule has 0 aromatic rings. The molecule has 2 unspecified atom stereocenters. The van der Waals surface area contributed by atoms with E-state index in [1.54, 1.807) is 12.3 Å². The molecule has 7 nitrogen and oxygen atoms in total. The average molecular weight is 322 g/mol. The summed E-state index contributed by atoms with van der Waals surface area (Å²) >= 11 is 0. The number of nitrogens with zero attached hydrogens (tertiary/aromatic N) is 1. The quantitative estimate of drug-likeness (QED) is 0.481. The molecule has 8 heteroatoms. The van der Waals surface area contributed by atoms with Crippen LogP contribution in [0.3, 0.4) is 0 Å². The summed E-state index contributed by atoms with van der Waals surface area (Å²) in [5.41, 5.74) is 0. The molecule has 1 rings (SSSR count). The van der Waals surface area contributed by atoms with Gasteiger partial charge >= 0.3 is 0 Å². The van der Waals surface area contributed by atoms with Crippen LogP contribution in [0.15, 0.2) is 0 Å². The summed E-state index contributed by atoms with van der Waals surface area (Å²) in [7, 11) is 1.74. The number of hydrogen-bond donors (Lipinski definition) is 2. The largest absolute Gasteiger partial charge is 0.403 e. The Morgan fingerprint density at radius 3 is 2.65 bits per heavy atom. The predicted molar refractivity (Wildman–Crippen MR) is 86.6 cm³/mol. The third-order valence-corrected chi connectivity index (χ3v) is 3.96. The number of nitrogens with one attached hydrogen (secondary N) is 2. The lowest BCUT2D eigenvalue weighted by molar-refractivity contribution is -0.139. The first kappa shape index (κ1) is 19.2. The third-order valence-electron chi connectivity index (χ3n) is 3.96. The van der Waals surface area contributed by atoms with Crippen LogP contribution < -0.4 is 10.5 Å². The van der Waals surface area contributed by atoms with Gasteiger partial charge in [-0.25, -0.2) is 0 Å². The van der Waals surface area contributed by atoms with Crippen LogP contribution in [0.2, 0.25) is 6.32 Å². The van der Waals surface area contributed by atoms with Crippen LogP contribution in [0.1, 0.15) is 39.5 Å². The molecule has 1 fully saturated rings. The molecule has 23 heavy (non-hydrogen) atoms. The number of carbonyl (C=O) groups excluding carboxylic acids is 4. The van der Waals surface area contributed by atoms with Crippen molar-refractivity contribution in [1.82, 2.24) is 15.4 Å². The van der Waals surface area contributed by atoms with E-state index in [9.17, 15) is 19.2 Å². The Labute approximate surface area is 137 Å². The second kappa shape index (κ2) is 10.0. The molecular formula is C15H25BN3O4. The molecule has 3 amide bonds. The third kappa shape index (κ3) is 6.42. The lowest BCUT2D eigenvalue weighted by Crippen LogP contribution is -2.48. The minimum Gasteiger partial charge on any atom is -0.403 e. The molecule has 1 aliphatic heterocycles. The van der Waals surface area contributed by atoms with Gasteiger partial charge < -0.3 is 20.2 Å². The van der Waals surface area contributed by atoms with Crippen LogP contribution >= 0.6 is 0 Å². The van der Waals surface area contributed by atoms with Crippen molar-refractivity contribution in [3.05, 3.63) is 0 Å². The summed E-state index contributed by atoms with van der Waals surface area (Å²) < 4.78 is 0. The highest BCUT2D eigenvalue weighted by Crippen LogP contribution is 2.23. The molecule has 1 heterocycles. The molecule has 0 saturated carbocycles. The van der Waals surface area contributed by atoms with Crippen LogP contribution in [0.25, 0.3) is 0 Å². The van der Waals surface area contributed by atoms with Crippen molar-refractivity contribution in [1.29, 1.82) is 0 Å². The molecule has 0 bridgehead atoms. The standard InChI is InChI=1S/C15H25BN3O4/c1-3-16-18-15(23)12-6-8-19(11(2)10-12)14(22)5-4-13(21)17-7-9-20/h9,11-12H,3-8,10H2,1-2H3,(H,17,21)(H,18,23). The molecule has 0 aliphatic carbocycles. The Hall–Kier alpha value is -1.86. The summed E-state index contributed by atoms with van der Waals surface area (Å²) in [4.78, 5) is 47.5. The highest BCUT2D eigenvalue weighted by atomic mass is 16.2. The molecule has 2 atom stereocenters. The zero-order chi connectivity index (χ0) is 17.2. The van der Waals surface area contributed by atoms with Gasteiger partial charge in [-0.2, -0.15) is 0 Å². The topological polar surface area (TPSA) is 95.6 Å². The maximum Gasteiger partial charge on any atom is 0.245 e. The fraction of sp³-hybridized carbons (Fsp3) is 0.733. The second-order valence-corrected chi connectivity index (χ2v) is 5.75. The molecule has 0 spiro atoms. The minimum atomic E-state index is -0.303. The number of carbonyl (C=O) groups is 4. The van der Waals surface area contributed by atoms with Gasteiger partial charge in [0, 0.05) is 31.3 Å². The fourth-order valence-corrected chi connectivity index (χ4v) is 2.71. The normalized spacial score (nSPS) is 20.5. The van der Waals surface area contributed by atoms with Gasteiger partial charge in [-0.3, -0.25) is 14.4 Å². The lowest BCUT2D eigenvalue weighted by Gasteiger charge is -2.37. The molecule has 1 aliphatic rings. The van der Waals surface area contributed by atoms with Crippen LogP contribution in [0, 0.1) is 5.92 Å². The van der Waals surface area contributed by atoms with Gasteiger partial charge in [-0.1, -0.05) is 13.2 Å². The number of hydrogen-bond acceptors (Lipinski definition) is 4. The monoisotopic (exact) mass is 322 g/mol. The first-order chi connectivity index (χ1) is 11.0. The summed E-state index contributed by atoms with van der Waals surface area (Å²) in [5, 5.41) is 5.19. The van der Waals surface area contributed by atoms with E-state index < -0.39 is 0 Å². The van der Waals surface area contributed by atoms with Crippen LogP contribution in [0.5, 0.6) is 0 Å². The number of likely N-dealkylation sites (tertiary alicyclic amines) is 1. The Kier molecular flexibility index (Phi) is 8.36. The number of piperidine rings is 1. The van der Waals surface area contributed by atoms with E-state index >= 15 is 0 Å². The van der Waals surface area contributed by atoms with Crippen molar-refractivity contribution in [3.63, 3.8) is 0 Å². The summed E-state index contributed by atoms with van der Waals surface area (Å²) in [6.07, 6.45) is 2.85. The molecular weight excluding hydrogens is 297 g/mol. The number of rotatable bonds is 8. The SMILES string of the molecule is CC[B]NC(=O)C1CCN(C(=O)CCC(=O)NCC=O)C(C)C1. The van der Waals surface area contributed by atoms with Gasteiger partial charge in [0.1, 0.15) is 6.29 Å². The van der Waals surface area contributed by atoms with E-state index in [2.05, 4.69) is 10.5 Å². The summed E-state index contributed by atoms with van der Waals surface area (Å²) in [6.45, 7) is 4.38. The average Bonchev–Trinajstić information content (AvgIpc) is 2.55. The van der Waals surface area contributed by atoms with Crippen LogP contribution in [0.4, 0.5) is 0 Å². The van der Waals surface area contributed by atoms with E-state index in [1.165, 1.54) is 0 Å². The maximum atomic E-state index is 12.2. The van der Waals surface area contributed by atoms with E-state index in [-0.39, 0.29) is 49.1 Å². The summed E-state index contributed by atoms with van der Waals surface area (Å²) in [5.74, 6) is -0.452. The second-order valence-electron chi connectivity index (χ2n) is 5.75. The molecule has 1 saturated heterocycles. The first-order valence-electron chi connectivity index (χ1n) is 8.11. The van der Waals surface area contributed by atoms with Gasteiger partial charge in [-0.15, -0.1) is 0 Å². The minimum absolute atomic E-state index is 0.0130. The molecule has 0 aromatic heterocycles. The highest BCUT2D eigenvalue weighted by Gasteiger charge is 2.31. The fourth-order valence-electron chi connectivity index (χ4n) is 2.71. The zero-order valence-electron chi connectivity index (χ0n) is 13.8. The highest BCUT2D eigenvalue weighted by molar-refractivity contribution is 6.36. The van der Waals surface area contributed by atoms with Crippen molar-refractivity contribution < 1.29 is 19.2 Å². The number of amides is 3. The van der Waals surface area contributed by atoms with E-state index in [0.29, 0.717) is 25.7 Å². The van der Waals surface area contributed by atoms with E-state index in [1.807, 2.05) is 13.8 Å².